The molecule has 0 bridgehead atoms. The minimum Gasteiger partial charge on any atom is -0.397 e. The smallest absolute Gasteiger partial charge is 0.165 e. The number of Topliss-reactive ketones (excluding diaryl/α,β-unsaturated/α-hetero) is 1. The number of piperidine rings is 1. The maximum Gasteiger partial charge on any atom is 0.165 e. The largest absolute Gasteiger partial charge is 0.397 e. The molecule has 2 aliphatic heterocycles. The van der Waals surface area contributed by atoms with Gasteiger partial charge in [0.25, 0.3) is 0 Å². The lowest BCUT2D eigenvalue weighted by molar-refractivity contribution is -0.0788. The Morgan fingerprint density at radius 3 is 2.80 bits per heavy atom. The third-order valence-corrected chi connectivity index (χ3v) is 7.59. The lowest BCUT2D eigenvalue weighted by atomic mass is 9.93. The summed E-state index contributed by atoms with van der Waals surface area (Å²) in [5.41, 5.74) is 7.14. The van der Waals surface area contributed by atoms with Crippen molar-refractivity contribution in [2.45, 2.75) is 31.3 Å². The first-order valence-corrected chi connectivity index (χ1v) is 11.2. The van der Waals surface area contributed by atoms with Gasteiger partial charge in [0.2, 0.25) is 0 Å². The SMILES string of the molecule is Nc1c(Cl)cc(C(=O)CCC2C3CN(CC4(O)CCOCC4)CC23)c2ncccc12. The predicted molar refractivity (Wildman–Crippen MR) is 117 cm³/mol. The molecule has 6 nitrogen and oxygen atoms in total. The molecule has 2 unspecified atom stereocenters. The van der Waals surface area contributed by atoms with Crippen LogP contribution in [0.1, 0.15) is 36.0 Å². The first kappa shape index (κ1) is 20.2. The molecule has 2 aromatic rings. The number of halogens is 1. The summed E-state index contributed by atoms with van der Waals surface area (Å²) in [5, 5.41) is 11.9. The highest BCUT2D eigenvalue weighted by molar-refractivity contribution is 6.35. The van der Waals surface area contributed by atoms with Crippen molar-refractivity contribution in [2.75, 3.05) is 38.6 Å². The average molecular weight is 430 g/mol. The maximum atomic E-state index is 12.9. The Kier molecular flexibility index (Phi) is 5.22. The van der Waals surface area contributed by atoms with E-state index in [4.69, 9.17) is 22.1 Å². The molecule has 0 amide bonds. The Hall–Kier alpha value is -1.73. The second-order valence-electron chi connectivity index (χ2n) is 9.20. The van der Waals surface area contributed by atoms with Crippen molar-refractivity contribution >= 4 is 34.0 Å². The Balaban J connectivity index is 1.17. The number of nitrogen functional groups attached to an aromatic ring is 1. The van der Waals surface area contributed by atoms with Crippen LogP contribution in [-0.4, -0.2) is 59.2 Å². The number of nitrogens with zero attached hydrogens (tertiary/aromatic N) is 2. The average Bonchev–Trinajstić information content (AvgIpc) is 3.20. The number of benzene rings is 1. The molecule has 160 valence electrons. The van der Waals surface area contributed by atoms with Gasteiger partial charge in [0.05, 0.1) is 21.8 Å². The third kappa shape index (κ3) is 3.71. The summed E-state index contributed by atoms with van der Waals surface area (Å²) in [6.45, 7) is 4.12. The highest BCUT2D eigenvalue weighted by Crippen LogP contribution is 2.54. The van der Waals surface area contributed by atoms with Gasteiger partial charge >= 0.3 is 0 Å². The van der Waals surface area contributed by atoms with Gasteiger partial charge < -0.3 is 15.6 Å². The molecule has 3 heterocycles. The number of aromatic nitrogens is 1. The van der Waals surface area contributed by atoms with Crippen molar-refractivity contribution in [1.29, 1.82) is 0 Å². The van der Waals surface area contributed by atoms with Crippen LogP contribution in [0.5, 0.6) is 0 Å². The normalized spacial score (nSPS) is 27.9. The lowest BCUT2D eigenvalue weighted by Crippen LogP contribution is -2.46. The van der Waals surface area contributed by atoms with Gasteiger partial charge in [-0.15, -0.1) is 0 Å². The molecule has 2 saturated heterocycles. The number of ether oxygens (including phenoxy) is 1. The van der Waals surface area contributed by atoms with E-state index in [0.717, 1.165) is 44.3 Å². The van der Waals surface area contributed by atoms with Gasteiger partial charge in [0.1, 0.15) is 0 Å². The molecule has 3 fully saturated rings. The zero-order valence-electron chi connectivity index (χ0n) is 17.0. The van der Waals surface area contributed by atoms with Crippen LogP contribution in [0.4, 0.5) is 5.69 Å². The van der Waals surface area contributed by atoms with Gasteiger partial charge in [-0.3, -0.25) is 14.7 Å². The standard InChI is InChI=1S/C23H28ClN3O3/c24-19-10-16(22-15(21(19)25)2-1-7-26-22)20(28)4-3-14-17-11-27(12-18(14)17)13-23(29)5-8-30-9-6-23/h1-2,7,10,14,17-18,29H,3-6,8-9,11-13,25H2. The van der Waals surface area contributed by atoms with Crippen molar-refractivity contribution < 1.29 is 14.6 Å². The fraction of sp³-hybridized carbons (Fsp3) is 0.565. The summed E-state index contributed by atoms with van der Waals surface area (Å²) in [4.78, 5) is 19.7. The van der Waals surface area contributed by atoms with Crippen LogP contribution >= 0.6 is 11.6 Å². The molecule has 1 saturated carbocycles. The molecular formula is C23H28ClN3O3. The fourth-order valence-electron chi connectivity index (χ4n) is 5.50. The molecule has 1 aromatic carbocycles. The molecule has 0 radical (unpaired) electrons. The summed E-state index contributed by atoms with van der Waals surface area (Å²) >= 11 is 6.26. The van der Waals surface area contributed by atoms with Gasteiger partial charge in [-0.25, -0.2) is 0 Å². The van der Waals surface area contributed by atoms with Crippen molar-refractivity contribution in [3.05, 3.63) is 35.0 Å². The number of likely N-dealkylation sites (tertiary alicyclic amines) is 1. The minimum absolute atomic E-state index is 0.0824. The van der Waals surface area contributed by atoms with E-state index in [1.165, 1.54) is 0 Å². The molecule has 0 spiro atoms. The molecule has 3 aliphatic rings. The summed E-state index contributed by atoms with van der Waals surface area (Å²) in [5.74, 6) is 2.01. The second-order valence-corrected chi connectivity index (χ2v) is 9.61. The number of aliphatic hydroxyl groups is 1. The predicted octanol–water partition coefficient (Wildman–Crippen LogP) is 3.15. The molecule has 2 atom stereocenters. The molecule has 5 rings (SSSR count). The number of fused-ring (bicyclic) bond motifs is 2. The maximum absolute atomic E-state index is 12.9. The quantitative estimate of drug-likeness (QED) is 0.541. The van der Waals surface area contributed by atoms with E-state index in [0.29, 0.717) is 59.2 Å². The van der Waals surface area contributed by atoms with Gasteiger partial charge in [0, 0.05) is 69.3 Å². The topological polar surface area (TPSA) is 88.7 Å². The summed E-state index contributed by atoms with van der Waals surface area (Å²) < 4.78 is 5.38. The van der Waals surface area contributed by atoms with Crippen molar-refractivity contribution in [3.63, 3.8) is 0 Å². The first-order chi connectivity index (χ1) is 14.5. The Morgan fingerprint density at radius 2 is 2.07 bits per heavy atom. The number of pyridine rings is 1. The van der Waals surface area contributed by atoms with Crippen LogP contribution in [0.25, 0.3) is 10.9 Å². The highest BCUT2D eigenvalue weighted by Gasteiger charge is 2.55. The van der Waals surface area contributed by atoms with E-state index in [2.05, 4.69) is 9.88 Å². The number of ketones is 1. The third-order valence-electron chi connectivity index (χ3n) is 7.27. The zero-order chi connectivity index (χ0) is 20.9. The minimum atomic E-state index is -0.594. The van der Waals surface area contributed by atoms with Crippen LogP contribution in [0.15, 0.2) is 24.4 Å². The van der Waals surface area contributed by atoms with Gasteiger partial charge in [-0.2, -0.15) is 0 Å². The summed E-state index contributed by atoms with van der Waals surface area (Å²) in [7, 11) is 0. The Labute approximate surface area is 181 Å². The van der Waals surface area contributed by atoms with E-state index in [-0.39, 0.29) is 5.78 Å². The van der Waals surface area contributed by atoms with Crippen LogP contribution < -0.4 is 5.73 Å². The molecule has 7 heteroatoms. The first-order valence-electron chi connectivity index (χ1n) is 10.8. The number of carbonyl (C=O) groups is 1. The lowest BCUT2D eigenvalue weighted by Gasteiger charge is -2.36. The fourth-order valence-corrected chi connectivity index (χ4v) is 5.71. The van der Waals surface area contributed by atoms with Crippen molar-refractivity contribution in [1.82, 2.24) is 9.88 Å². The van der Waals surface area contributed by atoms with E-state index in [1.807, 2.05) is 6.07 Å². The summed E-state index contributed by atoms with van der Waals surface area (Å²) in [6, 6.07) is 5.32. The number of rotatable bonds is 6. The van der Waals surface area contributed by atoms with Crippen LogP contribution in [0.3, 0.4) is 0 Å². The van der Waals surface area contributed by atoms with E-state index in [9.17, 15) is 9.90 Å². The number of β-amino-alcohol motifs (C(OH)–C–C–N with tert-alkyl or cyclic N) is 1. The van der Waals surface area contributed by atoms with Crippen molar-refractivity contribution in [3.8, 4) is 0 Å². The van der Waals surface area contributed by atoms with Gasteiger partial charge in [-0.1, -0.05) is 11.6 Å². The number of nitrogens with two attached hydrogens (primary N) is 1. The zero-order valence-corrected chi connectivity index (χ0v) is 17.8. The Morgan fingerprint density at radius 1 is 1.33 bits per heavy atom. The number of hydrogen-bond acceptors (Lipinski definition) is 6. The number of hydrogen-bond donors (Lipinski definition) is 2. The number of carbonyl (C=O) groups excluding carboxylic acids is 1. The Bertz CT molecular complexity index is 964. The molecule has 1 aromatic heterocycles. The van der Waals surface area contributed by atoms with Crippen molar-refractivity contribution in [2.24, 2.45) is 17.8 Å². The van der Waals surface area contributed by atoms with Crippen LogP contribution in [0.2, 0.25) is 5.02 Å². The van der Waals surface area contributed by atoms with Crippen LogP contribution in [-0.2, 0) is 4.74 Å². The molecule has 30 heavy (non-hydrogen) atoms. The van der Waals surface area contributed by atoms with E-state index < -0.39 is 5.60 Å². The number of anilines is 1. The van der Waals surface area contributed by atoms with Gasteiger partial charge in [-0.05, 0) is 42.4 Å². The van der Waals surface area contributed by atoms with E-state index >= 15 is 0 Å². The molecular weight excluding hydrogens is 402 g/mol. The highest BCUT2D eigenvalue weighted by atomic mass is 35.5. The van der Waals surface area contributed by atoms with Crippen LogP contribution in [0, 0.1) is 17.8 Å². The monoisotopic (exact) mass is 429 g/mol. The second kappa shape index (κ2) is 7.75. The summed E-state index contributed by atoms with van der Waals surface area (Å²) in [6.07, 6.45) is 4.53. The van der Waals surface area contributed by atoms with Gasteiger partial charge in [0.15, 0.2) is 5.78 Å². The molecule has 3 N–H and O–H groups in total. The molecule has 1 aliphatic carbocycles. The van der Waals surface area contributed by atoms with E-state index in [1.54, 1.807) is 18.3 Å².